The van der Waals surface area contributed by atoms with Crippen LogP contribution in [0.3, 0.4) is 0 Å². The molecular weight excluding hydrogens is 154 g/mol. The molecule has 4 N–H and O–H groups in total. The maximum Gasteiger partial charge on any atom is 0.315 e. The number of urea groups is 1. The molecule has 1 unspecified atom stereocenters. The van der Waals surface area contributed by atoms with Gasteiger partial charge in [0.15, 0.2) is 0 Å². The SMILES string of the molecule is CC(N)CNC(=O)NC(C)(C)C. The fraction of sp³-hybridized carbons (Fsp3) is 0.875. The minimum absolute atomic E-state index is 0.00396. The van der Waals surface area contributed by atoms with Crippen LogP contribution in [0.25, 0.3) is 0 Å². The number of amides is 2. The average molecular weight is 173 g/mol. The van der Waals surface area contributed by atoms with Crippen LogP contribution >= 0.6 is 0 Å². The van der Waals surface area contributed by atoms with Crippen LogP contribution in [0.1, 0.15) is 27.7 Å². The number of nitrogens with one attached hydrogen (secondary N) is 2. The van der Waals surface area contributed by atoms with Gasteiger partial charge in [-0.2, -0.15) is 0 Å². The lowest BCUT2D eigenvalue weighted by Gasteiger charge is -2.21. The average Bonchev–Trinajstić information content (AvgIpc) is 1.79. The number of rotatable bonds is 2. The fourth-order valence-electron chi connectivity index (χ4n) is 0.638. The highest BCUT2D eigenvalue weighted by molar-refractivity contribution is 5.74. The van der Waals surface area contributed by atoms with Crippen LogP contribution in [0.4, 0.5) is 4.79 Å². The normalized spacial score (nSPS) is 13.8. The Labute approximate surface area is 73.9 Å². The molecule has 0 spiro atoms. The smallest absolute Gasteiger partial charge is 0.315 e. The summed E-state index contributed by atoms with van der Waals surface area (Å²) in [5.41, 5.74) is 5.27. The molecular formula is C8H19N3O. The molecule has 0 aliphatic heterocycles. The molecule has 0 saturated carbocycles. The van der Waals surface area contributed by atoms with Crippen LogP contribution in [0.2, 0.25) is 0 Å². The van der Waals surface area contributed by atoms with Crippen LogP contribution in [-0.2, 0) is 0 Å². The summed E-state index contributed by atoms with van der Waals surface area (Å²) >= 11 is 0. The standard InChI is InChI=1S/C8H19N3O/c1-6(9)5-10-7(12)11-8(2,3)4/h6H,5,9H2,1-4H3,(H2,10,11,12). The Morgan fingerprint density at radius 1 is 1.50 bits per heavy atom. The Kier molecular flexibility index (Phi) is 4.03. The monoisotopic (exact) mass is 173 g/mol. The van der Waals surface area contributed by atoms with Gasteiger partial charge in [-0.3, -0.25) is 0 Å². The molecule has 0 bridgehead atoms. The van der Waals surface area contributed by atoms with Crippen LogP contribution in [0.5, 0.6) is 0 Å². The van der Waals surface area contributed by atoms with E-state index in [9.17, 15) is 4.79 Å². The highest BCUT2D eigenvalue weighted by atomic mass is 16.2. The Bertz CT molecular complexity index is 149. The number of hydrogen-bond acceptors (Lipinski definition) is 2. The van der Waals surface area contributed by atoms with Gasteiger partial charge in [-0.25, -0.2) is 4.79 Å². The number of carbonyl (C=O) groups is 1. The summed E-state index contributed by atoms with van der Waals surface area (Å²) in [4.78, 5) is 11.1. The van der Waals surface area contributed by atoms with E-state index < -0.39 is 0 Å². The van der Waals surface area contributed by atoms with Gasteiger partial charge < -0.3 is 16.4 Å². The van der Waals surface area contributed by atoms with Crippen molar-refractivity contribution in [3.8, 4) is 0 Å². The van der Waals surface area contributed by atoms with Gasteiger partial charge >= 0.3 is 6.03 Å². The molecule has 0 radical (unpaired) electrons. The van der Waals surface area contributed by atoms with Crippen molar-refractivity contribution in [3.63, 3.8) is 0 Å². The Morgan fingerprint density at radius 2 is 2.00 bits per heavy atom. The van der Waals surface area contributed by atoms with Gasteiger partial charge in [-0.15, -0.1) is 0 Å². The molecule has 0 aliphatic carbocycles. The summed E-state index contributed by atoms with van der Waals surface area (Å²) in [5, 5.41) is 5.43. The molecule has 1 atom stereocenters. The third-order valence-corrected chi connectivity index (χ3v) is 1.07. The number of nitrogens with two attached hydrogens (primary N) is 1. The second kappa shape index (κ2) is 4.30. The predicted octanol–water partition coefficient (Wildman–Crippen LogP) is 0.431. The maximum absolute atomic E-state index is 11.1. The van der Waals surface area contributed by atoms with E-state index >= 15 is 0 Å². The van der Waals surface area contributed by atoms with Crippen molar-refractivity contribution < 1.29 is 4.79 Å². The van der Waals surface area contributed by atoms with E-state index in [1.165, 1.54) is 0 Å². The van der Waals surface area contributed by atoms with Crippen molar-refractivity contribution in [2.75, 3.05) is 6.54 Å². The molecule has 0 aliphatic rings. The van der Waals surface area contributed by atoms with Gasteiger partial charge in [0.1, 0.15) is 0 Å². The summed E-state index contributed by atoms with van der Waals surface area (Å²) in [6, 6.07) is -0.171. The molecule has 0 rings (SSSR count). The molecule has 12 heavy (non-hydrogen) atoms. The van der Waals surface area contributed by atoms with Gasteiger partial charge in [0, 0.05) is 18.1 Å². The lowest BCUT2D eigenvalue weighted by molar-refractivity contribution is 0.231. The summed E-state index contributed by atoms with van der Waals surface area (Å²) in [5.74, 6) is 0. The first-order valence-corrected chi connectivity index (χ1v) is 4.13. The quantitative estimate of drug-likeness (QED) is 0.567. The zero-order chi connectivity index (χ0) is 9.78. The van der Waals surface area contributed by atoms with Gasteiger partial charge in [0.2, 0.25) is 0 Å². The Balaban J connectivity index is 3.61. The second-order valence-corrected chi connectivity index (χ2v) is 4.06. The van der Waals surface area contributed by atoms with Crippen LogP contribution < -0.4 is 16.4 Å². The van der Waals surface area contributed by atoms with Crippen molar-refractivity contribution in [1.82, 2.24) is 10.6 Å². The van der Waals surface area contributed by atoms with Crippen molar-refractivity contribution in [3.05, 3.63) is 0 Å². The van der Waals surface area contributed by atoms with E-state index in [1.54, 1.807) is 0 Å². The Hall–Kier alpha value is -0.770. The molecule has 0 aromatic carbocycles. The van der Waals surface area contributed by atoms with E-state index in [0.717, 1.165) is 0 Å². The fourth-order valence-corrected chi connectivity index (χ4v) is 0.638. The molecule has 2 amide bonds. The van der Waals surface area contributed by atoms with E-state index in [-0.39, 0.29) is 17.6 Å². The highest BCUT2D eigenvalue weighted by Crippen LogP contribution is 1.96. The van der Waals surface area contributed by atoms with Crippen molar-refractivity contribution >= 4 is 6.03 Å². The number of hydrogen-bond donors (Lipinski definition) is 3. The van der Waals surface area contributed by atoms with Gasteiger partial charge in [0.25, 0.3) is 0 Å². The molecule has 4 heteroatoms. The molecule has 4 nitrogen and oxygen atoms in total. The third kappa shape index (κ3) is 7.34. The summed E-state index contributed by atoms with van der Waals surface area (Å²) in [6.07, 6.45) is 0. The van der Waals surface area contributed by atoms with E-state index in [0.29, 0.717) is 6.54 Å². The summed E-state index contributed by atoms with van der Waals surface area (Å²) in [6.45, 7) is 8.13. The molecule has 0 heterocycles. The predicted molar refractivity (Wildman–Crippen MR) is 49.9 cm³/mol. The zero-order valence-corrected chi connectivity index (χ0v) is 8.27. The lowest BCUT2D eigenvalue weighted by Crippen LogP contribution is -2.48. The topological polar surface area (TPSA) is 67.1 Å². The zero-order valence-electron chi connectivity index (χ0n) is 8.27. The van der Waals surface area contributed by atoms with Crippen molar-refractivity contribution in [1.29, 1.82) is 0 Å². The Morgan fingerprint density at radius 3 is 2.33 bits per heavy atom. The van der Waals surface area contributed by atoms with Crippen molar-refractivity contribution in [2.24, 2.45) is 5.73 Å². The third-order valence-electron chi connectivity index (χ3n) is 1.07. The first-order valence-electron chi connectivity index (χ1n) is 4.13. The minimum Gasteiger partial charge on any atom is -0.337 e. The number of carbonyl (C=O) groups excluding carboxylic acids is 1. The maximum atomic E-state index is 11.1. The van der Waals surface area contributed by atoms with E-state index in [2.05, 4.69) is 10.6 Å². The second-order valence-electron chi connectivity index (χ2n) is 4.06. The highest BCUT2D eigenvalue weighted by Gasteiger charge is 2.12. The first kappa shape index (κ1) is 11.2. The van der Waals surface area contributed by atoms with Crippen molar-refractivity contribution in [2.45, 2.75) is 39.3 Å². The molecule has 0 aromatic rings. The van der Waals surface area contributed by atoms with E-state index in [4.69, 9.17) is 5.73 Å². The molecule has 0 fully saturated rings. The van der Waals surface area contributed by atoms with Crippen LogP contribution in [0, 0.1) is 0 Å². The van der Waals surface area contributed by atoms with Gasteiger partial charge in [-0.1, -0.05) is 0 Å². The molecule has 0 saturated heterocycles. The van der Waals surface area contributed by atoms with E-state index in [1.807, 2.05) is 27.7 Å². The van der Waals surface area contributed by atoms with Crippen LogP contribution in [0.15, 0.2) is 0 Å². The van der Waals surface area contributed by atoms with Gasteiger partial charge in [0.05, 0.1) is 0 Å². The molecule has 72 valence electrons. The summed E-state index contributed by atoms with van der Waals surface area (Å²) in [7, 11) is 0. The van der Waals surface area contributed by atoms with Crippen LogP contribution in [-0.4, -0.2) is 24.2 Å². The van der Waals surface area contributed by atoms with Gasteiger partial charge in [-0.05, 0) is 27.7 Å². The lowest BCUT2D eigenvalue weighted by atomic mass is 10.1. The largest absolute Gasteiger partial charge is 0.337 e. The first-order chi connectivity index (χ1) is 5.31. The minimum atomic E-state index is -0.193. The summed E-state index contributed by atoms with van der Waals surface area (Å²) < 4.78 is 0. The molecule has 0 aromatic heterocycles.